The van der Waals surface area contributed by atoms with Crippen molar-refractivity contribution in [3.63, 3.8) is 0 Å². The van der Waals surface area contributed by atoms with Crippen LogP contribution in [0.2, 0.25) is 0 Å². The van der Waals surface area contributed by atoms with Crippen molar-refractivity contribution in [2.75, 3.05) is 13.8 Å². The first kappa shape index (κ1) is 6.23. The summed E-state index contributed by atoms with van der Waals surface area (Å²) < 4.78 is 3.89. The van der Waals surface area contributed by atoms with Crippen molar-refractivity contribution >= 4 is 6.09 Å². The van der Waals surface area contributed by atoms with E-state index in [4.69, 9.17) is 0 Å². The van der Waals surface area contributed by atoms with Gasteiger partial charge in [0.15, 0.2) is 0 Å². The number of carbonyl (C=O) groups excluding carboxylic acids is 1. The van der Waals surface area contributed by atoms with E-state index in [0.29, 0.717) is 0 Å². The smallest absolute Gasteiger partial charge is 0.409 e. The summed E-state index contributed by atoms with van der Waals surface area (Å²) in [5, 5.41) is 11.5. The van der Waals surface area contributed by atoms with Gasteiger partial charge in [-0.3, -0.25) is 0 Å². The van der Waals surface area contributed by atoms with Crippen molar-refractivity contribution in [2.24, 2.45) is 0 Å². The first-order valence-corrected chi connectivity index (χ1v) is 1.74. The highest BCUT2D eigenvalue weighted by Crippen LogP contribution is 1.68. The zero-order valence-electron chi connectivity index (χ0n) is 3.93. The van der Waals surface area contributed by atoms with Crippen LogP contribution in [0, 0.1) is 0 Å². The Balaban J connectivity index is 3.00. The highest BCUT2D eigenvalue weighted by Gasteiger charge is 1.91. The van der Waals surface area contributed by atoms with Crippen molar-refractivity contribution in [1.29, 1.82) is 0 Å². The van der Waals surface area contributed by atoms with Crippen LogP contribution < -0.4 is 5.32 Å². The third kappa shape index (κ3) is 3.05. The second-order valence-corrected chi connectivity index (χ2v) is 0.800. The molecule has 0 heterocycles. The van der Waals surface area contributed by atoms with E-state index < -0.39 is 12.9 Å². The fraction of sp³-hybridized carbons (Fsp3) is 0.667. The van der Waals surface area contributed by atoms with E-state index >= 15 is 0 Å². The first-order valence-electron chi connectivity index (χ1n) is 1.74. The summed E-state index contributed by atoms with van der Waals surface area (Å²) >= 11 is 0. The van der Waals surface area contributed by atoms with Crippen LogP contribution in [0.1, 0.15) is 0 Å². The molecule has 0 spiro atoms. The normalized spacial score (nSPS) is 7.71. The SMILES string of the molecule is CNC(=O)OC[O]. The molecular weight excluding hydrogens is 98.0 g/mol. The molecule has 4 heteroatoms. The van der Waals surface area contributed by atoms with Gasteiger partial charge in [0.2, 0.25) is 6.79 Å². The Morgan fingerprint density at radius 2 is 2.43 bits per heavy atom. The highest BCUT2D eigenvalue weighted by atomic mass is 16.6. The Labute approximate surface area is 41.1 Å². The van der Waals surface area contributed by atoms with Gasteiger partial charge in [0, 0.05) is 7.05 Å². The highest BCUT2D eigenvalue weighted by molar-refractivity contribution is 5.66. The third-order valence-electron chi connectivity index (χ3n) is 0.394. The first-order chi connectivity index (χ1) is 3.31. The van der Waals surface area contributed by atoms with Gasteiger partial charge in [-0.1, -0.05) is 0 Å². The minimum Gasteiger partial charge on any atom is -0.419 e. The minimum absolute atomic E-state index is 0.685. The minimum atomic E-state index is -0.820. The van der Waals surface area contributed by atoms with E-state index in [1.54, 1.807) is 0 Å². The van der Waals surface area contributed by atoms with E-state index in [2.05, 4.69) is 10.1 Å². The molecule has 0 aliphatic carbocycles. The number of ether oxygens (including phenoxy) is 1. The lowest BCUT2D eigenvalue weighted by Gasteiger charge is -1.93. The van der Waals surface area contributed by atoms with E-state index in [9.17, 15) is 9.90 Å². The van der Waals surface area contributed by atoms with Gasteiger partial charge >= 0.3 is 6.09 Å². The lowest BCUT2D eigenvalue weighted by Crippen LogP contribution is -2.18. The quantitative estimate of drug-likeness (QED) is 0.465. The average molecular weight is 104 g/mol. The molecule has 0 aliphatic heterocycles. The number of carbonyl (C=O) groups is 1. The Bertz CT molecular complexity index is 63.2. The van der Waals surface area contributed by atoms with Crippen molar-refractivity contribution in [3.05, 3.63) is 0 Å². The maximum atomic E-state index is 9.88. The number of hydrogen-bond acceptors (Lipinski definition) is 2. The standard InChI is InChI=1S/C3H6NO3/c1-4-3(6)7-2-5/h2H2,1H3,(H,4,6). The van der Waals surface area contributed by atoms with Crippen LogP contribution >= 0.6 is 0 Å². The molecule has 7 heavy (non-hydrogen) atoms. The zero-order chi connectivity index (χ0) is 5.70. The molecule has 4 nitrogen and oxygen atoms in total. The van der Waals surface area contributed by atoms with Crippen LogP contribution in [-0.4, -0.2) is 19.9 Å². The monoisotopic (exact) mass is 104 g/mol. The Morgan fingerprint density at radius 1 is 1.86 bits per heavy atom. The molecule has 1 amide bonds. The molecule has 0 aromatic carbocycles. The predicted molar refractivity (Wildman–Crippen MR) is 21.1 cm³/mol. The summed E-state index contributed by atoms with van der Waals surface area (Å²) in [4.78, 5) is 9.88. The van der Waals surface area contributed by atoms with Gasteiger partial charge in [-0.2, -0.15) is 5.11 Å². The molecule has 0 saturated heterocycles. The summed E-state index contributed by atoms with van der Waals surface area (Å²) in [6.45, 7) is -0.820. The Hall–Kier alpha value is -0.770. The van der Waals surface area contributed by atoms with Gasteiger partial charge in [-0.15, -0.1) is 0 Å². The van der Waals surface area contributed by atoms with Gasteiger partial charge in [-0.05, 0) is 0 Å². The van der Waals surface area contributed by atoms with Crippen LogP contribution in [0.15, 0.2) is 0 Å². The lowest BCUT2D eigenvalue weighted by atomic mass is 11.1. The summed E-state index contributed by atoms with van der Waals surface area (Å²) in [5.41, 5.74) is 0. The number of alkyl carbamates (subject to hydrolysis) is 1. The molecule has 0 aromatic rings. The summed E-state index contributed by atoms with van der Waals surface area (Å²) in [7, 11) is 1.39. The molecule has 0 saturated carbocycles. The van der Waals surface area contributed by atoms with E-state index in [0.717, 1.165) is 0 Å². The molecule has 1 radical (unpaired) electrons. The number of hydrogen-bond donors (Lipinski definition) is 1. The van der Waals surface area contributed by atoms with Crippen LogP contribution in [-0.2, 0) is 9.84 Å². The number of rotatable bonds is 1. The van der Waals surface area contributed by atoms with Gasteiger partial charge in [-0.25, -0.2) is 4.79 Å². The number of nitrogens with one attached hydrogen (secondary N) is 1. The van der Waals surface area contributed by atoms with Gasteiger partial charge in [0.25, 0.3) is 0 Å². The van der Waals surface area contributed by atoms with Crippen molar-refractivity contribution < 1.29 is 14.6 Å². The molecule has 0 atom stereocenters. The molecule has 0 unspecified atom stereocenters. The summed E-state index contributed by atoms with van der Waals surface area (Å²) in [6.07, 6.45) is -0.685. The maximum absolute atomic E-state index is 9.88. The van der Waals surface area contributed by atoms with E-state index in [1.165, 1.54) is 7.05 Å². The van der Waals surface area contributed by atoms with Crippen LogP contribution in [0.4, 0.5) is 4.79 Å². The molecule has 0 rings (SSSR count). The Morgan fingerprint density at radius 3 is 2.57 bits per heavy atom. The lowest BCUT2D eigenvalue weighted by molar-refractivity contribution is 0.000628. The van der Waals surface area contributed by atoms with Gasteiger partial charge < -0.3 is 10.1 Å². The van der Waals surface area contributed by atoms with Crippen LogP contribution in [0.3, 0.4) is 0 Å². The second-order valence-electron chi connectivity index (χ2n) is 0.800. The average Bonchev–Trinajstić information content (AvgIpc) is 1.68. The molecule has 1 N–H and O–H groups in total. The molecule has 0 fully saturated rings. The number of amides is 1. The fourth-order valence-corrected chi connectivity index (χ4v) is 0.126. The Kier molecular flexibility index (Phi) is 3.04. The van der Waals surface area contributed by atoms with Crippen molar-refractivity contribution in [1.82, 2.24) is 5.32 Å². The van der Waals surface area contributed by atoms with Crippen molar-refractivity contribution in [2.45, 2.75) is 0 Å². The van der Waals surface area contributed by atoms with Gasteiger partial charge in [0.1, 0.15) is 0 Å². The summed E-state index contributed by atoms with van der Waals surface area (Å²) in [5.74, 6) is 0. The third-order valence-corrected chi connectivity index (χ3v) is 0.394. The molecule has 0 aromatic heterocycles. The van der Waals surface area contributed by atoms with Crippen LogP contribution in [0.5, 0.6) is 0 Å². The summed E-state index contributed by atoms with van der Waals surface area (Å²) in [6, 6.07) is 0. The van der Waals surface area contributed by atoms with Crippen LogP contribution in [0.25, 0.3) is 0 Å². The topological polar surface area (TPSA) is 58.2 Å². The molecular formula is C3H6NO3. The predicted octanol–water partition coefficient (Wildman–Crippen LogP) is -0.270. The molecule has 41 valence electrons. The zero-order valence-corrected chi connectivity index (χ0v) is 3.93. The van der Waals surface area contributed by atoms with Crippen molar-refractivity contribution in [3.8, 4) is 0 Å². The van der Waals surface area contributed by atoms with E-state index in [-0.39, 0.29) is 0 Å². The van der Waals surface area contributed by atoms with E-state index in [1.807, 2.05) is 0 Å². The fourth-order valence-electron chi connectivity index (χ4n) is 0.126. The molecule has 0 bridgehead atoms. The van der Waals surface area contributed by atoms with Gasteiger partial charge in [0.05, 0.1) is 0 Å². The second kappa shape index (κ2) is 3.42. The maximum Gasteiger partial charge on any atom is 0.409 e. The molecule has 0 aliphatic rings. The largest absolute Gasteiger partial charge is 0.419 e.